The van der Waals surface area contributed by atoms with Gasteiger partial charge in [0.15, 0.2) is 5.76 Å². The normalized spacial score (nSPS) is 11.0. The first-order chi connectivity index (χ1) is 12.6. The Balaban J connectivity index is 1.47. The van der Waals surface area contributed by atoms with Gasteiger partial charge in [-0.05, 0) is 18.2 Å². The fraction of sp³-hybridized carbons (Fsp3) is 0.0526. The number of fused-ring (bicyclic) bond motifs is 1. The molecular weight excluding hydrogens is 391 g/mol. The van der Waals surface area contributed by atoms with Crippen LogP contribution in [0.3, 0.4) is 0 Å². The number of benzene rings is 2. The van der Waals surface area contributed by atoms with Gasteiger partial charge in [-0.3, -0.25) is 4.79 Å². The van der Waals surface area contributed by atoms with Crippen LogP contribution in [0.2, 0.25) is 10.0 Å². The second-order valence-corrected chi connectivity index (χ2v) is 7.48. The number of hydrogen-bond donors (Lipinski definition) is 1. The molecule has 1 N–H and O–H groups in total. The van der Waals surface area contributed by atoms with Gasteiger partial charge in [0.2, 0.25) is 0 Å². The number of hydrogen-bond acceptors (Lipinski definition) is 4. The van der Waals surface area contributed by atoms with Gasteiger partial charge in [-0.2, -0.15) is 0 Å². The standard InChI is InChI=1S/C19H12Cl2N2O2S/c20-12-7-5-11(6-8-12)15-9-13(25-23-15)10-22-19(24)18-17(21)14-3-1-2-4-16(14)26-18/h1-9H,10H2,(H,22,24). The lowest BCUT2D eigenvalue weighted by Crippen LogP contribution is -2.21. The smallest absolute Gasteiger partial charge is 0.263 e. The quantitative estimate of drug-likeness (QED) is 0.469. The van der Waals surface area contributed by atoms with E-state index in [4.69, 9.17) is 27.7 Å². The first kappa shape index (κ1) is 17.1. The molecule has 0 radical (unpaired) electrons. The Hall–Kier alpha value is -2.34. The van der Waals surface area contributed by atoms with Crippen LogP contribution in [0.1, 0.15) is 15.4 Å². The van der Waals surface area contributed by atoms with Crippen LogP contribution in [0.4, 0.5) is 0 Å². The third-order valence-corrected chi connectivity index (χ3v) is 5.79. The van der Waals surface area contributed by atoms with Crippen molar-refractivity contribution in [3.05, 3.63) is 75.3 Å². The molecule has 0 spiro atoms. The van der Waals surface area contributed by atoms with Crippen LogP contribution in [0.25, 0.3) is 21.3 Å². The monoisotopic (exact) mass is 402 g/mol. The Labute approximate surface area is 163 Å². The molecule has 7 heteroatoms. The van der Waals surface area contributed by atoms with E-state index in [9.17, 15) is 4.79 Å². The fourth-order valence-electron chi connectivity index (χ4n) is 2.56. The highest BCUT2D eigenvalue weighted by Gasteiger charge is 2.17. The van der Waals surface area contributed by atoms with Gasteiger partial charge >= 0.3 is 0 Å². The van der Waals surface area contributed by atoms with Crippen molar-refractivity contribution in [2.45, 2.75) is 6.54 Å². The van der Waals surface area contributed by atoms with Crippen LogP contribution in [0.15, 0.2) is 59.1 Å². The molecule has 130 valence electrons. The largest absolute Gasteiger partial charge is 0.359 e. The first-order valence-electron chi connectivity index (χ1n) is 7.78. The molecule has 0 fully saturated rings. The van der Waals surface area contributed by atoms with E-state index in [-0.39, 0.29) is 12.5 Å². The van der Waals surface area contributed by atoms with Crippen molar-refractivity contribution in [1.29, 1.82) is 0 Å². The van der Waals surface area contributed by atoms with Crippen molar-refractivity contribution in [3.8, 4) is 11.3 Å². The summed E-state index contributed by atoms with van der Waals surface area (Å²) in [7, 11) is 0. The lowest BCUT2D eigenvalue weighted by Gasteiger charge is -2.00. The molecule has 26 heavy (non-hydrogen) atoms. The van der Waals surface area contributed by atoms with Crippen LogP contribution in [0, 0.1) is 0 Å². The number of nitrogens with one attached hydrogen (secondary N) is 1. The van der Waals surface area contributed by atoms with E-state index in [1.165, 1.54) is 11.3 Å². The molecule has 0 saturated carbocycles. The number of carbonyl (C=O) groups excluding carboxylic acids is 1. The van der Waals surface area contributed by atoms with E-state index in [0.29, 0.717) is 26.4 Å². The van der Waals surface area contributed by atoms with E-state index in [0.717, 1.165) is 15.6 Å². The van der Waals surface area contributed by atoms with E-state index in [2.05, 4.69) is 10.5 Å². The average Bonchev–Trinajstić information content (AvgIpc) is 3.26. The first-order valence-corrected chi connectivity index (χ1v) is 9.36. The Morgan fingerprint density at radius 3 is 2.65 bits per heavy atom. The van der Waals surface area contributed by atoms with Crippen LogP contribution < -0.4 is 5.32 Å². The molecule has 0 bridgehead atoms. The van der Waals surface area contributed by atoms with Gasteiger partial charge < -0.3 is 9.84 Å². The van der Waals surface area contributed by atoms with Gasteiger partial charge in [-0.25, -0.2) is 0 Å². The number of rotatable bonds is 4. The third kappa shape index (κ3) is 3.33. The maximum absolute atomic E-state index is 12.5. The van der Waals surface area contributed by atoms with Crippen molar-refractivity contribution in [3.63, 3.8) is 0 Å². The van der Waals surface area contributed by atoms with E-state index in [1.54, 1.807) is 18.2 Å². The SMILES string of the molecule is O=C(NCc1cc(-c2ccc(Cl)cc2)no1)c1sc2ccccc2c1Cl. The van der Waals surface area contributed by atoms with Crippen LogP contribution >= 0.6 is 34.5 Å². The molecule has 4 aromatic rings. The Kier molecular flexibility index (Phi) is 4.68. The minimum atomic E-state index is -0.236. The van der Waals surface area contributed by atoms with Gasteiger partial charge in [0.1, 0.15) is 10.6 Å². The van der Waals surface area contributed by atoms with Crippen molar-refractivity contribution in [1.82, 2.24) is 10.5 Å². The van der Waals surface area contributed by atoms with Gasteiger partial charge in [0.05, 0.1) is 11.6 Å². The van der Waals surface area contributed by atoms with Crippen LogP contribution in [-0.4, -0.2) is 11.1 Å². The molecule has 4 rings (SSSR count). The zero-order valence-corrected chi connectivity index (χ0v) is 15.7. The predicted octanol–water partition coefficient (Wildman–Crippen LogP) is 5.79. The molecule has 2 aromatic heterocycles. The third-order valence-electron chi connectivity index (χ3n) is 3.86. The molecule has 2 aromatic carbocycles. The lowest BCUT2D eigenvalue weighted by molar-refractivity contribution is 0.0951. The summed E-state index contributed by atoms with van der Waals surface area (Å²) < 4.78 is 6.28. The number of thiophene rings is 1. The number of halogens is 2. The highest BCUT2D eigenvalue weighted by atomic mass is 35.5. The molecule has 2 heterocycles. The minimum absolute atomic E-state index is 0.226. The topological polar surface area (TPSA) is 55.1 Å². The zero-order valence-electron chi connectivity index (χ0n) is 13.3. The van der Waals surface area contributed by atoms with Crippen molar-refractivity contribution >= 4 is 50.5 Å². The molecule has 0 aliphatic rings. The summed E-state index contributed by atoms with van der Waals surface area (Å²) in [5, 5.41) is 8.86. The van der Waals surface area contributed by atoms with Crippen LogP contribution in [-0.2, 0) is 6.54 Å². The van der Waals surface area contributed by atoms with Gasteiger partial charge in [0.25, 0.3) is 5.91 Å². The molecular formula is C19H12Cl2N2O2S. The maximum Gasteiger partial charge on any atom is 0.263 e. The number of carbonyl (C=O) groups is 1. The summed E-state index contributed by atoms with van der Waals surface area (Å²) in [6.45, 7) is 0.226. The summed E-state index contributed by atoms with van der Waals surface area (Å²) >= 11 is 13.6. The minimum Gasteiger partial charge on any atom is -0.359 e. The van der Waals surface area contributed by atoms with Crippen molar-refractivity contribution in [2.24, 2.45) is 0 Å². The summed E-state index contributed by atoms with van der Waals surface area (Å²) in [6.07, 6.45) is 0. The molecule has 0 unspecified atom stereocenters. The Bertz CT molecular complexity index is 1090. The van der Waals surface area contributed by atoms with E-state index < -0.39 is 0 Å². The summed E-state index contributed by atoms with van der Waals surface area (Å²) in [5.74, 6) is 0.321. The van der Waals surface area contributed by atoms with Gasteiger partial charge in [-0.15, -0.1) is 11.3 Å². The predicted molar refractivity (Wildman–Crippen MR) is 105 cm³/mol. The van der Waals surface area contributed by atoms with Gasteiger partial charge in [0, 0.05) is 26.7 Å². The fourth-order valence-corrected chi connectivity index (χ4v) is 4.12. The van der Waals surface area contributed by atoms with Crippen LogP contribution in [0.5, 0.6) is 0 Å². The summed E-state index contributed by atoms with van der Waals surface area (Å²) in [5.41, 5.74) is 1.58. The summed E-state index contributed by atoms with van der Waals surface area (Å²) in [4.78, 5) is 13.0. The number of amides is 1. The zero-order chi connectivity index (χ0) is 18.1. The van der Waals surface area contributed by atoms with E-state index >= 15 is 0 Å². The van der Waals surface area contributed by atoms with Crippen molar-refractivity contribution in [2.75, 3.05) is 0 Å². The second-order valence-electron chi connectivity index (χ2n) is 5.61. The molecule has 4 nitrogen and oxygen atoms in total. The van der Waals surface area contributed by atoms with Crippen molar-refractivity contribution < 1.29 is 9.32 Å². The maximum atomic E-state index is 12.5. The average molecular weight is 403 g/mol. The highest BCUT2D eigenvalue weighted by Crippen LogP contribution is 2.35. The number of nitrogens with zero attached hydrogens (tertiary/aromatic N) is 1. The number of aromatic nitrogens is 1. The Morgan fingerprint density at radius 1 is 1.12 bits per heavy atom. The molecule has 1 amide bonds. The van der Waals surface area contributed by atoms with Gasteiger partial charge in [-0.1, -0.05) is 58.7 Å². The lowest BCUT2D eigenvalue weighted by atomic mass is 10.1. The Morgan fingerprint density at radius 2 is 1.88 bits per heavy atom. The molecule has 0 atom stereocenters. The molecule has 0 aliphatic heterocycles. The van der Waals surface area contributed by atoms with E-state index in [1.807, 2.05) is 36.4 Å². The second kappa shape index (κ2) is 7.11. The molecule has 0 saturated heterocycles. The highest BCUT2D eigenvalue weighted by molar-refractivity contribution is 7.21. The summed E-state index contributed by atoms with van der Waals surface area (Å²) in [6, 6.07) is 16.7. The molecule has 0 aliphatic carbocycles.